The van der Waals surface area contributed by atoms with Gasteiger partial charge in [-0.3, -0.25) is 0 Å². The average molecular weight is 322 g/mol. The van der Waals surface area contributed by atoms with E-state index in [-0.39, 0.29) is 21.0 Å². The summed E-state index contributed by atoms with van der Waals surface area (Å²) >= 11 is 11.7. The Hall–Kier alpha value is -1.28. The number of rotatable bonds is 3. The van der Waals surface area contributed by atoms with Crippen molar-refractivity contribution in [2.24, 2.45) is 12.2 Å². The molecule has 0 aliphatic carbocycles. The van der Waals surface area contributed by atoms with E-state index in [0.29, 0.717) is 5.75 Å². The van der Waals surface area contributed by atoms with Gasteiger partial charge in [0.1, 0.15) is 10.8 Å². The normalized spacial score (nSPS) is 11.6. The molecular weight excluding hydrogens is 313 g/mol. The Labute approximate surface area is 119 Å². The molecule has 0 atom stereocenters. The van der Waals surface area contributed by atoms with Crippen LogP contribution in [0, 0.1) is 0 Å². The van der Waals surface area contributed by atoms with Gasteiger partial charge < -0.3 is 4.74 Å². The molecule has 0 amide bonds. The van der Waals surface area contributed by atoms with Crippen molar-refractivity contribution < 1.29 is 13.2 Å². The van der Waals surface area contributed by atoms with Crippen LogP contribution in [0.4, 0.5) is 0 Å². The van der Waals surface area contributed by atoms with Crippen LogP contribution in [0.15, 0.2) is 29.2 Å². The molecule has 2 rings (SSSR count). The predicted octanol–water partition coefficient (Wildman–Crippen LogP) is 2.17. The van der Waals surface area contributed by atoms with Crippen molar-refractivity contribution in [2.75, 3.05) is 0 Å². The summed E-state index contributed by atoms with van der Waals surface area (Å²) in [6.07, 6.45) is 0. The van der Waals surface area contributed by atoms with Crippen molar-refractivity contribution in [3.8, 4) is 11.6 Å². The van der Waals surface area contributed by atoms with Crippen LogP contribution >= 0.6 is 23.2 Å². The molecule has 0 aliphatic rings. The molecule has 2 N–H and O–H groups in total. The Morgan fingerprint density at radius 2 is 1.84 bits per heavy atom. The first-order valence-corrected chi connectivity index (χ1v) is 7.28. The molecule has 0 saturated carbocycles. The Morgan fingerprint density at radius 3 is 2.26 bits per heavy atom. The van der Waals surface area contributed by atoms with Gasteiger partial charge in [-0.1, -0.05) is 23.2 Å². The number of hydrogen-bond acceptors (Lipinski definition) is 4. The van der Waals surface area contributed by atoms with Gasteiger partial charge >= 0.3 is 0 Å². The fourth-order valence-electron chi connectivity index (χ4n) is 1.37. The lowest BCUT2D eigenvalue weighted by Crippen LogP contribution is -2.11. The minimum absolute atomic E-state index is 0.00557. The number of halogens is 2. The second kappa shape index (κ2) is 5.01. The lowest BCUT2D eigenvalue weighted by molar-refractivity contribution is 0.430. The van der Waals surface area contributed by atoms with Gasteiger partial charge in [-0.2, -0.15) is 5.10 Å². The molecule has 0 aliphatic heterocycles. The molecular formula is C10H9Cl2N3O3S. The minimum atomic E-state index is -3.72. The van der Waals surface area contributed by atoms with E-state index in [2.05, 4.69) is 5.10 Å². The molecule has 0 saturated heterocycles. The van der Waals surface area contributed by atoms with E-state index in [1.165, 1.54) is 28.9 Å². The van der Waals surface area contributed by atoms with E-state index in [9.17, 15) is 8.42 Å². The average Bonchev–Trinajstić information content (AvgIpc) is 2.56. The van der Waals surface area contributed by atoms with Gasteiger partial charge in [-0.05, 0) is 24.3 Å². The second-order valence-electron chi connectivity index (χ2n) is 3.65. The number of primary sulfonamides is 1. The first kappa shape index (κ1) is 14.1. The molecule has 6 nitrogen and oxygen atoms in total. The number of nitrogens with two attached hydrogens (primary N) is 1. The smallest absolute Gasteiger partial charge is 0.238 e. The van der Waals surface area contributed by atoms with Gasteiger partial charge in [-0.15, -0.1) is 0 Å². The topological polar surface area (TPSA) is 87.2 Å². The zero-order valence-electron chi connectivity index (χ0n) is 9.67. The van der Waals surface area contributed by atoms with Crippen LogP contribution in [0.25, 0.3) is 0 Å². The van der Waals surface area contributed by atoms with Crippen molar-refractivity contribution in [3.05, 3.63) is 34.4 Å². The summed E-state index contributed by atoms with van der Waals surface area (Å²) < 4.78 is 29.0. The molecule has 0 unspecified atom stereocenters. The van der Waals surface area contributed by atoms with Crippen LogP contribution < -0.4 is 9.88 Å². The number of nitrogens with zero attached hydrogens (tertiary/aromatic N) is 2. The molecule has 102 valence electrons. The summed E-state index contributed by atoms with van der Waals surface area (Å²) in [6, 6.07) is 5.57. The van der Waals surface area contributed by atoms with Crippen molar-refractivity contribution in [1.82, 2.24) is 9.78 Å². The Balaban J connectivity index is 2.30. The molecule has 0 radical (unpaired) electrons. The monoisotopic (exact) mass is 321 g/mol. The van der Waals surface area contributed by atoms with E-state index in [1.807, 2.05) is 0 Å². The number of hydrogen-bond donors (Lipinski definition) is 1. The molecule has 2 aromatic rings. The summed E-state index contributed by atoms with van der Waals surface area (Å²) in [4.78, 5) is -0.00557. The lowest BCUT2D eigenvalue weighted by Gasteiger charge is -2.06. The molecule has 19 heavy (non-hydrogen) atoms. The Morgan fingerprint density at radius 1 is 1.26 bits per heavy atom. The summed E-state index contributed by atoms with van der Waals surface area (Å²) in [7, 11) is -2.11. The Kier molecular flexibility index (Phi) is 3.73. The van der Waals surface area contributed by atoms with Crippen molar-refractivity contribution >= 4 is 33.2 Å². The van der Waals surface area contributed by atoms with Crippen molar-refractivity contribution in [2.45, 2.75) is 4.90 Å². The van der Waals surface area contributed by atoms with Crippen molar-refractivity contribution in [1.29, 1.82) is 0 Å². The van der Waals surface area contributed by atoms with Gasteiger partial charge in [0.2, 0.25) is 15.9 Å². The highest BCUT2D eigenvalue weighted by molar-refractivity contribution is 7.89. The SMILES string of the molecule is Cn1nc(Cl)c(Cl)c1Oc1ccc(S(N)(=O)=O)cc1. The van der Waals surface area contributed by atoms with E-state index < -0.39 is 10.0 Å². The third-order valence-electron chi connectivity index (χ3n) is 2.27. The number of ether oxygens (including phenoxy) is 1. The molecule has 0 bridgehead atoms. The van der Waals surface area contributed by atoms with Gasteiger partial charge in [0, 0.05) is 7.05 Å². The van der Waals surface area contributed by atoms with Crippen molar-refractivity contribution in [3.63, 3.8) is 0 Å². The van der Waals surface area contributed by atoms with Gasteiger partial charge in [0.25, 0.3) is 0 Å². The van der Waals surface area contributed by atoms with Crippen LogP contribution in [0.5, 0.6) is 11.6 Å². The number of sulfonamides is 1. The number of aryl methyl sites for hydroxylation is 1. The Bertz CT molecular complexity index is 710. The first-order valence-electron chi connectivity index (χ1n) is 4.98. The van der Waals surface area contributed by atoms with E-state index in [0.717, 1.165) is 0 Å². The summed E-state index contributed by atoms with van der Waals surface area (Å²) in [6.45, 7) is 0. The van der Waals surface area contributed by atoms with E-state index in [1.54, 1.807) is 7.05 Å². The lowest BCUT2D eigenvalue weighted by atomic mass is 10.3. The highest BCUT2D eigenvalue weighted by Crippen LogP contribution is 2.34. The van der Waals surface area contributed by atoms with Gasteiger partial charge in [0.05, 0.1) is 4.90 Å². The predicted molar refractivity (Wildman–Crippen MR) is 71.1 cm³/mol. The third kappa shape index (κ3) is 3.01. The van der Waals surface area contributed by atoms with E-state index in [4.69, 9.17) is 33.1 Å². The third-order valence-corrected chi connectivity index (χ3v) is 3.90. The molecule has 9 heteroatoms. The van der Waals surface area contributed by atoms with Gasteiger partial charge in [-0.25, -0.2) is 18.2 Å². The van der Waals surface area contributed by atoms with Crippen LogP contribution in [-0.2, 0) is 17.1 Å². The zero-order chi connectivity index (χ0) is 14.2. The molecule has 0 fully saturated rings. The molecule has 1 aromatic heterocycles. The summed E-state index contributed by atoms with van der Waals surface area (Å²) in [5, 5.41) is 9.17. The maximum atomic E-state index is 11.1. The largest absolute Gasteiger partial charge is 0.438 e. The molecule has 0 spiro atoms. The standard InChI is InChI=1S/C10H9Cl2N3O3S/c1-15-10(8(11)9(12)14-15)18-6-2-4-7(5-3-6)19(13,16)17/h2-5H,1H3,(H2,13,16,17). The van der Waals surface area contributed by atoms with E-state index >= 15 is 0 Å². The fraction of sp³-hybridized carbons (Fsp3) is 0.100. The maximum Gasteiger partial charge on any atom is 0.238 e. The van der Waals surface area contributed by atoms with Crippen LogP contribution in [-0.4, -0.2) is 18.2 Å². The fourth-order valence-corrected chi connectivity index (χ4v) is 2.28. The summed E-state index contributed by atoms with van der Waals surface area (Å²) in [5.41, 5.74) is 0. The quantitative estimate of drug-likeness (QED) is 0.938. The van der Waals surface area contributed by atoms with Crippen LogP contribution in [0.1, 0.15) is 0 Å². The van der Waals surface area contributed by atoms with Gasteiger partial charge in [0.15, 0.2) is 5.15 Å². The first-order chi connectivity index (χ1) is 8.79. The summed E-state index contributed by atoms with van der Waals surface area (Å²) in [5.74, 6) is 0.643. The zero-order valence-corrected chi connectivity index (χ0v) is 12.0. The van der Waals surface area contributed by atoms with Crippen LogP contribution in [0.2, 0.25) is 10.2 Å². The van der Waals surface area contributed by atoms with Crippen LogP contribution in [0.3, 0.4) is 0 Å². The highest BCUT2D eigenvalue weighted by atomic mass is 35.5. The number of benzene rings is 1. The molecule has 1 aromatic carbocycles. The number of aromatic nitrogens is 2. The minimum Gasteiger partial charge on any atom is -0.438 e. The second-order valence-corrected chi connectivity index (χ2v) is 5.95. The highest BCUT2D eigenvalue weighted by Gasteiger charge is 2.15. The molecule has 1 heterocycles. The maximum absolute atomic E-state index is 11.1.